The Balaban J connectivity index is 1.50. The van der Waals surface area contributed by atoms with E-state index in [1.54, 1.807) is 18.2 Å². The number of thiazole rings is 1. The first kappa shape index (κ1) is 23.3. The average molecular weight is 455 g/mol. The average Bonchev–Trinajstić information content (AvgIpc) is 3.27. The van der Waals surface area contributed by atoms with Crippen LogP contribution in [0.3, 0.4) is 0 Å². The lowest BCUT2D eigenvalue weighted by atomic mass is 10.2. The first-order valence-electron chi connectivity index (χ1n) is 10.3. The highest BCUT2D eigenvalue weighted by Crippen LogP contribution is 2.28. The number of carbonyl (C=O) groups excluding carboxylic acids is 2. The van der Waals surface area contributed by atoms with Gasteiger partial charge in [0, 0.05) is 16.5 Å². The number of aromatic nitrogens is 1. The zero-order valence-corrected chi connectivity index (χ0v) is 19.2. The van der Waals surface area contributed by atoms with E-state index in [-0.39, 0.29) is 13.2 Å². The Bertz CT molecular complexity index is 1060. The molecule has 1 aromatic heterocycles. The van der Waals surface area contributed by atoms with Gasteiger partial charge >= 0.3 is 5.97 Å². The van der Waals surface area contributed by atoms with Crippen LogP contribution in [0.2, 0.25) is 0 Å². The molecule has 0 saturated carbocycles. The van der Waals surface area contributed by atoms with Gasteiger partial charge in [-0.15, -0.1) is 11.3 Å². The van der Waals surface area contributed by atoms with E-state index < -0.39 is 11.9 Å². The molecule has 0 saturated heterocycles. The molecule has 7 nitrogen and oxygen atoms in total. The van der Waals surface area contributed by atoms with E-state index in [2.05, 4.69) is 10.3 Å². The van der Waals surface area contributed by atoms with E-state index >= 15 is 0 Å². The lowest BCUT2D eigenvalue weighted by Crippen LogP contribution is -2.30. The van der Waals surface area contributed by atoms with Gasteiger partial charge in [-0.05, 0) is 39.0 Å². The van der Waals surface area contributed by atoms with E-state index in [0.29, 0.717) is 36.0 Å². The van der Waals surface area contributed by atoms with Gasteiger partial charge in [0.15, 0.2) is 11.5 Å². The molecule has 1 N–H and O–H groups in total. The van der Waals surface area contributed by atoms with Crippen LogP contribution >= 0.6 is 11.3 Å². The Hall–Kier alpha value is -3.39. The Morgan fingerprint density at radius 1 is 1.00 bits per heavy atom. The molecule has 0 aliphatic carbocycles. The molecular formula is C24H26N2O5S. The summed E-state index contributed by atoms with van der Waals surface area (Å²) in [5, 5.41) is 5.29. The topological polar surface area (TPSA) is 86.8 Å². The third-order valence-electron chi connectivity index (χ3n) is 4.43. The van der Waals surface area contributed by atoms with Crippen molar-refractivity contribution in [3.8, 4) is 22.1 Å². The molecule has 0 radical (unpaired) electrons. The van der Waals surface area contributed by atoms with Gasteiger partial charge in [0.05, 0.1) is 18.9 Å². The molecule has 0 aliphatic heterocycles. The number of hydrogen-bond acceptors (Lipinski definition) is 7. The number of rotatable bonds is 10. The zero-order valence-electron chi connectivity index (χ0n) is 18.3. The van der Waals surface area contributed by atoms with Crippen molar-refractivity contribution >= 4 is 23.2 Å². The number of nitrogens with zero attached hydrogens (tertiary/aromatic N) is 1. The van der Waals surface area contributed by atoms with Gasteiger partial charge in [-0.1, -0.05) is 29.8 Å². The molecule has 1 heterocycles. The Kier molecular flexibility index (Phi) is 8.21. The Labute approximate surface area is 191 Å². The molecule has 3 aromatic rings. The van der Waals surface area contributed by atoms with Crippen LogP contribution < -0.4 is 14.8 Å². The van der Waals surface area contributed by atoms with Crippen molar-refractivity contribution in [2.75, 3.05) is 19.8 Å². The predicted octanol–water partition coefficient (Wildman–Crippen LogP) is 4.39. The quantitative estimate of drug-likeness (QED) is 0.457. The van der Waals surface area contributed by atoms with E-state index in [1.807, 2.05) is 50.4 Å². The van der Waals surface area contributed by atoms with Crippen LogP contribution in [-0.2, 0) is 16.1 Å². The van der Waals surface area contributed by atoms with Crippen LogP contribution in [0.1, 0.15) is 35.5 Å². The fourth-order valence-corrected chi connectivity index (χ4v) is 3.66. The summed E-state index contributed by atoms with van der Waals surface area (Å²) >= 11 is 1.49. The lowest BCUT2D eigenvalue weighted by molar-refractivity contribution is -0.143. The number of nitrogens with one attached hydrogen (secondary N) is 1. The molecule has 2 aromatic carbocycles. The van der Waals surface area contributed by atoms with E-state index in [0.717, 1.165) is 10.6 Å². The van der Waals surface area contributed by atoms with Crippen LogP contribution in [0.25, 0.3) is 10.6 Å². The SMILES string of the molecule is CCOc1ccc(C(=O)NCC(=O)OCc2csc(-c3ccc(C)cc3)n2)cc1OCC. The number of benzene rings is 2. The molecule has 3 rings (SSSR count). The molecule has 0 atom stereocenters. The van der Waals surface area contributed by atoms with Crippen molar-refractivity contribution in [2.24, 2.45) is 0 Å². The standard InChI is InChI=1S/C24H26N2O5S/c1-4-29-20-11-10-18(12-21(20)30-5-2)23(28)25-13-22(27)31-14-19-15-32-24(26-19)17-8-6-16(3)7-9-17/h6-12,15H,4-5,13-14H2,1-3H3,(H,25,28). The minimum Gasteiger partial charge on any atom is -0.490 e. The van der Waals surface area contributed by atoms with Gasteiger partial charge in [0.2, 0.25) is 0 Å². The maximum Gasteiger partial charge on any atom is 0.325 e. The van der Waals surface area contributed by atoms with Gasteiger partial charge in [-0.2, -0.15) is 0 Å². The van der Waals surface area contributed by atoms with Crippen LogP contribution in [0.5, 0.6) is 11.5 Å². The largest absolute Gasteiger partial charge is 0.490 e. The summed E-state index contributed by atoms with van der Waals surface area (Å²) in [7, 11) is 0. The molecular weight excluding hydrogens is 428 g/mol. The van der Waals surface area contributed by atoms with Crippen LogP contribution in [0.15, 0.2) is 47.8 Å². The van der Waals surface area contributed by atoms with E-state index in [9.17, 15) is 9.59 Å². The van der Waals surface area contributed by atoms with Gasteiger partial charge in [0.1, 0.15) is 18.2 Å². The molecule has 1 amide bonds. The maximum absolute atomic E-state index is 12.4. The monoisotopic (exact) mass is 454 g/mol. The van der Waals surface area contributed by atoms with E-state index in [1.165, 1.54) is 16.9 Å². The lowest BCUT2D eigenvalue weighted by Gasteiger charge is -2.12. The number of hydrogen-bond donors (Lipinski definition) is 1. The van der Waals surface area contributed by atoms with Crippen molar-refractivity contribution in [1.82, 2.24) is 10.3 Å². The van der Waals surface area contributed by atoms with Crippen LogP contribution in [0.4, 0.5) is 0 Å². The number of carbonyl (C=O) groups is 2. The second-order valence-electron chi connectivity index (χ2n) is 6.88. The first-order valence-corrected chi connectivity index (χ1v) is 11.2. The smallest absolute Gasteiger partial charge is 0.325 e. The fraction of sp³-hybridized carbons (Fsp3) is 0.292. The second-order valence-corrected chi connectivity index (χ2v) is 7.74. The summed E-state index contributed by atoms with van der Waals surface area (Å²) in [6.45, 7) is 6.49. The van der Waals surface area contributed by atoms with Crippen LogP contribution in [-0.4, -0.2) is 36.6 Å². The normalized spacial score (nSPS) is 10.5. The van der Waals surface area contributed by atoms with Crippen molar-refractivity contribution < 1.29 is 23.8 Å². The highest BCUT2D eigenvalue weighted by Gasteiger charge is 2.14. The highest BCUT2D eigenvalue weighted by molar-refractivity contribution is 7.13. The molecule has 8 heteroatoms. The molecule has 32 heavy (non-hydrogen) atoms. The van der Waals surface area contributed by atoms with Crippen molar-refractivity contribution in [2.45, 2.75) is 27.4 Å². The minimum absolute atomic E-state index is 0.0502. The summed E-state index contributed by atoms with van der Waals surface area (Å²) in [4.78, 5) is 29.0. The summed E-state index contributed by atoms with van der Waals surface area (Å²) in [6, 6.07) is 13.0. The minimum atomic E-state index is -0.542. The zero-order chi connectivity index (χ0) is 22.9. The van der Waals surface area contributed by atoms with E-state index in [4.69, 9.17) is 14.2 Å². The van der Waals surface area contributed by atoms with Crippen molar-refractivity contribution in [3.63, 3.8) is 0 Å². The molecule has 0 fully saturated rings. The third kappa shape index (κ3) is 6.31. The predicted molar refractivity (Wildman–Crippen MR) is 123 cm³/mol. The second kappa shape index (κ2) is 11.3. The molecule has 0 spiro atoms. The number of ether oxygens (including phenoxy) is 3. The van der Waals surface area contributed by atoms with Crippen molar-refractivity contribution in [1.29, 1.82) is 0 Å². The van der Waals surface area contributed by atoms with Gasteiger partial charge in [0.25, 0.3) is 5.91 Å². The number of amides is 1. The summed E-state index contributed by atoms with van der Waals surface area (Å²) < 4.78 is 16.3. The summed E-state index contributed by atoms with van der Waals surface area (Å²) in [5.74, 6) is 0.108. The van der Waals surface area contributed by atoms with Crippen molar-refractivity contribution in [3.05, 3.63) is 64.7 Å². The molecule has 0 unspecified atom stereocenters. The maximum atomic E-state index is 12.4. The molecule has 0 aliphatic rings. The first-order chi connectivity index (χ1) is 15.5. The number of aryl methyl sites for hydroxylation is 1. The molecule has 0 bridgehead atoms. The Morgan fingerprint density at radius 2 is 1.72 bits per heavy atom. The van der Waals surface area contributed by atoms with Gasteiger partial charge in [-0.3, -0.25) is 9.59 Å². The van der Waals surface area contributed by atoms with Crippen LogP contribution in [0, 0.1) is 6.92 Å². The highest BCUT2D eigenvalue weighted by atomic mass is 32.1. The van der Waals surface area contributed by atoms with Gasteiger partial charge < -0.3 is 19.5 Å². The number of esters is 1. The third-order valence-corrected chi connectivity index (χ3v) is 5.37. The fourth-order valence-electron chi connectivity index (χ4n) is 2.85. The molecule has 168 valence electrons. The summed E-state index contributed by atoms with van der Waals surface area (Å²) in [6.07, 6.45) is 0. The Morgan fingerprint density at radius 3 is 2.44 bits per heavy atom. The van der Waals surface area contributed by atoms with Gasteiger partial charge in [-0.25, -0.2) is 4.98 Å². The summed E-state index contributed by atoms with van der Waals surface area (Å²) in [5.41, 5.74) is 3.23.